The van der Waals surface area contributed by atoms with Crippen LogP contribution in [0.4, 0.5) is 0 Å². The van der Waals surface area contributed by atoms with Gasteiger partial charge in [0.05, 0.1) is 45.2 Å². The molecule has 0 bridgehead atoms. The minimum absolute atomic E-state index is 0.0772. The number of allylic oxidation sites excluding steroid dienone is 4. The van der Waals surface area contributed by atoms with Crippen molar-refractivity contribution in [1.29, 1.82) is 0 Å². The van der Waals surface area contributed by atoms with Crippen molar-refractivity contribution < 1.29 is 138 Å². The van der Waals surface area contributed by atoms with Gasteiger partial charge in [-0.05, 0) is 78.9 Å². The molecule has 0 radical (unpaired) electrons. The maximum atomic E-state index is 12.5. The minimum Gasteiger partial charge on any atom is -0.394 e. The molecule has 0 amide bonds. The molecule has 28 heteroatoms. The molecule has 0 spiro atoms. The fraction of sp³-hybridized carbons (Fsp3) is 0.931. The Balaban J connectivity index is 0.856. The quantitative estimate of drug-likeness (QED) is 0.0488. The second-order valence-electron chi connectivity index (χ2n) is 26.6. The maximum absolute atomic E-state index is 12.5. The van der Waals surface area contributed by atoms with Crippen molar-refractivity contribution in [3.8, 4) is 0 Å². The molecule has 28 nitrogen and oxygen atoms in total. The van der Waals surface area contributed by atoms with Crippen LogP contribution < -0.4 is 0 Å². The monoisotopic (exact) mass is 1240 g/mol. The lowest BCUT2D eigenvalue weighted by atomic mass is 9.41. The summed E-state index contributed by atoms with van der Waals surface area (Å²) < 4.78 is 83.2. The largest absolute Gasteiger partial charge is 0.394 e. The smallest absolute Gasteiger partial charge is 0.187 e. The third-order valence-corrected chi connectivity index (χ3v) is 21.4. The van der Waals surface area contributed by atoms with Gasteiger partial charge in [0.2, 0.25) is 0 Å². The number of aliphatic hydroxyl groups is 14. The molecule has 34 unspecified atom stereocenters. The number of aliphatic hydroxyl groups excluding tert-OH is 14. The van der Waals surface area contributed by atoms with Gasteiger partial charge in [-0.25, -0.2) is 0 Å². The lowest BCUT2D eigenvalue weighted by Crippen LogP contribution is -2.67. The first-order chi connectivity index (χ1) is 40.7. The van der Waals surface area contributed by atoms with Crippen LogP contribution in [0.15, 0.2) is 23.8 Å². The Kier molecular flexibility index (Phi) is 20.6. The zero-order valence-electron chi connectivity index (χ0n) is 49.9. The molecule has 0 aromatic heterocycles. The fourth-order valence-corrected chi connectivity index (χ4v) is 16.1. The molecule has 4 aliphatic carbocycles. The van der Waals surface area contributed by atoms with E-state index in [0.29, 0.717) is 12.3 Å². The van der Waals surface area contributed by atoms with E-state index in [4.69, 9.17) is 66.3 Å². The number of hydrogen-bond acceptors (Lipinski definition) is 28. The van der Waals surface area contributed by atoms with Crippen LogP contribution in [-0.4, -0.2) is 297 Å². The predicted molar refractivity (Wildman–Crippen MR) is 288 cm³/mol. The summed E-state index contributed by atoms with van der Waals surface area (Å²) in [5, 5.41) is 155. The van der Waals surface area contributed by atoms with E-state index in [1.165, 1.54) is 26.7 Å². The first-order valence-electron chi connectivity index (χ1n) is 30.2. The standard InChI is InChI=1S/C58H94O28/c1-23-43(83-49-40(70)44(26(62)21-75-49)84-52-41(71)46(73-7)33(63)27(18-59)78-52)36(66)38(68)50(77-23)86-48-35(65)30(81-51-39(69)37(67)45(29(20-61)80-51)85-53-42(72)47(74-8)34(64)28(19-60)79-53)22-76-54(48)82-32-13-17-57(5)24-12-16-56(4)14-9-15-58(56,6)25(24)10-11-31(57)55(32,2)3/h9,12,14,23,25-54,59-72H,10-11,13,15-22H2,1-8H3. The molecule has 8 fully saturated rings. The van der Waals surface area contributed by atoms with Gasteiger partial charge in [-0.2, -0.15) is 0 Å². The predicted octanol–water partition coefficient (Wildman–Crippen LogP) is -3.94. The van der Waals surface area contributed by atoms with Gasteiger partial charge in [-0.1, -0.05) is 58.4 Å². The fourth-order valence-electron chi connectivity index (χ4n) is 16.1. The molecule has 2 saturated carbocycles. The van der Waals surface area contributed by atoms with E-state index >= 15 is 0 Å². The second kappa shape index (κ2) is 26.4. The summed E-state index contributed by atoms with van der Waals surface area (Å²) in [6.07, 6.45) is -32.5. The average Bonchev–Trinajstić information content (AvgIpc) is 1.20. The van der Waals surface area contributed by atoms with Gasteiger partial charge >= 0.3 is 0 Å². The molecule has 10 aliphatic rings. The van der Waals surface area contributed by atoms with Crippen molar-refractivity contribution in [3.63, 3.8) is 0 Å². The van der Waals surface area contributed by atoms with Crippen molar-refractivity contribution >= 4 is 0 Å². The molecule has 10 rings (SSSR count). The number of fused-ring (bicyclic) bond motifs is 5. The van der Waals surface area contributed by atoms with Crippen LogP contribution in [-0.2, 0) is 66.3 Å². The third kappa shape index (κ3) is 11.9. The zero-order chi connectivity index (χ0) is 62.3. The minimum atomic E-state index is -1.97. The van der Waals surface area contributed by atoms with Gasteiger partial charge in [0.1, 0.15) is 128 Å². The summed E-state index contributed by atoms with van der Waals surface area (Å²) >= 11 is 0. The Bertz CT molecular complexity index is 2320. The molecule has 86 heavy (non-hydrogen) atoms. The summed E-state index contributed by atoms with van der Waals surface area (Å²) in [6, 6.07) is 0. The van der Waals surface area contributed by atoms with Crippen LogP contribution >= 0.6 is 0 Å². The summed E-state index contributed by atoms with van der Waals surface area (Å²) in [7, 11) is 2.42. The van der Waals surface area contributed by atoms with Crippen LogP contribution in [0.3, 0.4) is 0 Å². The van der Waals surface area contributed by atoms with Gasteiger partial charge in [0.25, 0.3) is 0 Å². The van der Waals surface area contributed by atoms with E-state index in [9.17, 15) is 71.5 Å². The lowest BCUT2D eigenvalue weighted by molar-refractivity contribution is -0.394. The highest BCUT2D eigenvalue weighted by Crippen LogP contribution is 2.70. The molecule has 6 heterocycles. The molecular formula is C58H94O28. The van der Waals surface area contributed by atoms with E-state index in [1.807, 2.05) is 0 Å². The topological polar surface area (TPSA) is 412 Å². The summed E-state index contributed by atoms with van der Waals surface area (Å²) in [5.41, 5.74) is 1.05. The zero-order valence-corrected chi connectivity index (χ0v) is 49.9. The van der Waals surface area contributed by atoms with Crippen LogP contribution in [0.1, 0.15) is 80.1 Å². The molecule has 14 N–H and O–H groups in total. The van der Waals surface area contributed by atoms with Gasteiger partial charge < -0.3 is 138 Å². The van der Waals surface area contributed by atoms with E-state index in [0.717, 1.165) is 32.1 Å². The average molecular weight is 1240 g/mol. The molecule has 0 aromatic carbocycles. The SMILES string of the molecule is COC1C(O)C(CO)OC(OC2C(O)COC(OC3C(C)OC(OC4C(OC5CCC6(C)C7=CCC8(C)C=CCC8(C)C7CCC6C5(C)C)OCC(OC5OC(CO)C(OC6OC(CO)C(O)C(OC)C6O)C(O)C5O)C4O)C(O)C3O)C2O)C1O. The Hall–Kier alpha value is -1.64. The van der Waals surface area contributed by atoms with Crippen molar-refractivity contribution in [2.75, 3.05) is 47.3 Å². The molecule has 6 saturated heterocycles. The Labute approximate surface area is 499 Å². The second-order valence-corrected chi connectivity index (χ2v) is 26.6. The molecule has 6 aliphatic heterocycles. The van der Waals surface area contributed by atoms with Gasteiger partial charge in [-0.3, -0.25) is 0 Å². The Morgan fingerprint density at radius 3 is 1.62 bits per heavy atom. The Morgan fingerprint density at radius 1 is 0.488 bits per heavy atom. The van der Waals surface area contributed by atoms with Crippen molar-refractivity contribution in [2.45, 2.75) is 258 Å². The molecule has 34 atom stereocenters. The van der Waals surface area contributed by atoms with E-state index in [2.05, 4.69) is 52.8 Å². The number of methoxy groups -OCH3 is 2. The summed E-state index contributed by atoms with van der Waals surface area (Å²) in [4.78, 5) is 0. The van der Waals surface area contributed by atoms with Crippen LogP contribution in [0.5, 0.6) is 0 Å². The summed E-state index contributed by atoms with van der Waals surface area (Å²) in [5.74, 6) is 0.579. The molecule has 494 valence electrons. The van der Waals surface area contributed by atoms with Gasteiger partial charge in [-0.15, -0.1) is 0 Å². The van der Waals surface area contributed by atoms with Crippen molar-refractivity contribution in [2.24, 2.45) is 33.5 Å². The third-order valence-electron chi connectivity index (χ3n) is 21.4. The molecular weight excluding hydrogens is 1140 g/mol. The molecule has 0 aromatic rings. The normalized spacial score (nSPS) is 53.9. The highest BCUT2D eigenvalue weighted by atomic mass is 16.8. The van der Waals surface area contributed by atoms with Crippen molar-refractivity contribution in [3.05, 3.63) is 23.8 Å². The highest BCUT2D eigenvalue weighted by molar-refractivity contribution is 5.35. The number of rotatable bonds is 17. The first-order valence-corrected chi connectivity index (χ1v) is 30.2. The van der Waals surface area contributed by atoms with E-state index < -0.39 is 217 Å². The van der Waals surface area contributed by atoms with Gasteiger partial charge in [0.15, 0.2) is 37.7 Å². The maximum Gasteiger partial charge on any atom is 0.187 e. The number of ether oxygens (including phenoxy) is 14. The summed E-state index contributed by atoms with van der Waals surface area (Å²) in [6.45, 7) is 9.85. The van der Waals surface area contributed by atoms with Gasteiger partial charge in [0, 0.05) is 14.2 Å². The lowest BCUT2D eigenvalue weighted by Gasteiger charge is -2.64. The Morgan fingerprint density at radius 2 is 1.01 bits per heavy atom. The van der Waals surface area contributed by atoms with Crippen LogP contribution in [0.2, 0.25) is 0 Å². The van der Waals surface area contributed by atoms with Crippen molar-refractivity contribution in [1.82, 2.24) is 0 Å². The highest BCUT2D eigenvalue weighted by Gasteiger charge is 2.64. The van der Waals surface area contributed by atoms with Crippen LogP contribution in [0.25, 0.3) is 0 Å². The van der Waals surface area contributed by atoms with Crippen LogP contribution in [0, 0.1) is 33.5 Å². The number of hydrogen-bond donors (Lipinski definition) is 14. The first kappa shape index (κ1) is 67.3. The van der Waals surface area contributed by atoms with E-state index in [-0.39, 0.29) is 22.2 Å². The van der Waals surface area contributed by atoms with E-state index in [1.54, 1.807) is 0 Å².